The number of carbonyl (C=O) groups excluding carboxylic acids is 1. The Morgan fingerprint density at radius 1 is 0.574 bits per heavy atom. The third-order valence-electron chi connectivity index (χ3n) is 8.89. The summed E-state index contributed by atoms with van der Waals surface area (Å²) in [5.74, 6) is -3.46. The summed E-state index contributed by atoms with van der Waals surface area (Å²) in [6.45, 7) is 0. The van der Waals surface area contributed by atoms with Crippen molar-refractivity contribution in [3.8, 4) is 5.75 Å². The molecule has 0 aliphatic heterocycles. The third-order valence-corrected chi connectivity index (χ3v) is 15.3. The van der Waals surface area contributed by atoms with Gasteiger partial charge in [0.15, 0.2) is 5.56 Å². The van der Waals surface area contributed by atoms with Crippen LogP contribution >= 0.6 is 14.3 Å². The van der Waals surface area contributed by atoms with E-state index in [4.69, 9.17) is 4.42 Å². The van der Waals surface area contributed by atoms with Crippen molar-refractivity contribution < 1.29 is 86.0 Å². The number of ketones is 1. The molecule has 1 radical (unpaired) electrons. The summed E-state index contributed by atoms with van der Waals surface area (Å²) in [6, 6.07) is 48.3. The molecule has 7 rings (SSSR count). The van der Waals surface area contributed by atoms with Crippen LogP contribution in [0.1, 0.15) is 16.8 Å². The fourth-order valence-corrected chi connectivity index (χ4v) is 12.0. The number of hydrogen-bond acceptors (Lipinski definition) is 6. The van der Waals surface area contributed by atoms with Crippen LogP contribution in [0.3, 0.4) is 0 Å². The van der Waals surface area contributed by atoms with Gasteiger partial charge in [-0.25, -0.2) is 4.79 Å². The smallest absolute Gasteiger partial charge is 0.455 e. The molecule has 0 atom stereocenters. The second-order valence-corrected chi connectivity index (χ2v) is 18.1. The fourth-order valence-electron chi connectivity index (χ4n) is 6.26. The molecule has 0 amide bonds. The van der Waals surface area contributed by atoms with E-state index in [1.54, 1.807) is 30.3 Å². The Bertz CT molecular complexity index is 2350. The van der Waals surface area contributed by atoms with E-state index in [1.165, 1.54) is 6.07 Å². The first-order chi connectivity index (χ1) is 25.4. The molecule has 1 N–H and O–H groups in total. The molecule has 7 aromatic rings. The van der Waals surface area contributed by atoms with Crippen LogP contribution in [0.5, 0.6) is 5.75 Å². The molecule has 6 aromatic carbocycles. The zero-order valence-corrected chi connectivity index (χ0v) is 32.7. The minimum Gasteiger partial charge on any atom is -0.506 e. The molecule has 0 unspecified atom stereocenters. The van der Waals surface area contributed by atoms with Crippen LogP contribution in [0.4, 0.5) is 13.2 Å². The number of fused-ring (bicyclic) bond motifs is 3. The standard InChI is InChI=1S/C27H26O2P2.C15H7F3O4.Eu/c28-30(24-14-5-1-6-15-24,25-16-7-2-8-17-25)22-13-23-31(29,26-18-9-3-10-19-26)27-20-11-4-12-21-27;16-15(17,18)13(20)10-11(19)9-6-5-7-3-1-2-4-8(7)12(9)22-14(10)21;/h1-12,14-21H,13,22-23H2;1-6,19H;. The van der Waals surface area contributed by atoms with E-state index in [0.29, 0.717) is 29.5 Å². The third kappa shape index (κ3) is 8.80. The maximum Gasteiger partial charge on any atom is 0.455 e. The van der Waals surface area contributed by atoms with Crippen molar-refractivity contribution >= 4 is 63.0 Å². The van der Waals surface area contributed by atoms with E-state index < -0.39 is 43.2 Å². The maximum absolute atomic E-state index is 14.3. The Hall–Kier alpha value is -3.91. The molecule has 0 saturated heterocycles. The van der Waals surface area contributed by atoms with Crippen LogP contribution in [-0.2, 0) is 9.13 Å². The number of benzene rings is 6. The molecule has 1 heterocycles. The van der Waals surface area contributed by atoms with Gasteiger partial charge >= 0.3 is 11.8 Å². The number of carbonyl (C=O) groups is 1. The molecule has 275 valence electrons. The minimum absolute atomic E-state index is 0. The second-order valence-electron chi connectivity index (χ2n) is 12.2. The Balaban J connectivity index is 0.000000215. The molecule has 0 aliphatic carbocycles. The monoisotopic (exact) mass is 905 g/mol. The second kappa shape index (κ2) is 17.7. The van der Waals surface area contributed by atoms with Gasteiger partial charge in [-0.2, -0.15) is 13.2 Å². The van der Waals surface area contributed by atoms with Crippen molar-refractivity contribution in [1.29, 1.82) is 0 Å². The van der Waals surface area contributed by atoms with E-state index in [1.807, 2.05) is 121 Å². The predicted octanol–water partition coefficient (Wildman–Crippen LogP) is 8.80. The number of hydrogen-bond donors (Lipinski definition) is 1. The van der Waals surface area contributed by atoms with Gasteiger partial charge in [-0.3, -0.25) is 4.79 Å². The zero-order valence-electron chi connectivity index (χ0n) is 28.5. The summed E-state index contributed by atoms with van der Waals surface area (Å²) < 4.78 is 71.0. The Kier molecular flexibility index (Phi) is 13.5. The number of alkyl halides is 3. The van der Waals surface area contributed by atoms with Gasteiger partial charge < -0.3 is 18.7 Å². The van der Waals surface area contributed by atoms with E-state index in [-0.39, 0.29) is 60.3 Å². The summed E-state index contributed by atoms with van der Waals surface area (Å²) >= 11 is 0. The molecular formula is C42H33EuF3O6P2. The maximum atomic E-state index is 14.3. The van der Waals surface area contributed by atoms with Crippen LogP contribution in [-0.4, -0.2) is 29.4 Å². The molecule has 0 spiro atoms. The van der Waals surface area contributed by atoms with Gasteiger partial charge in [-0.1, -0.05) is 152 Å². The average molecular weight is 905 g/mol. The van der Waals surface area contributed by atoms with Crippen molar-refractivity contribution in [2.75, 3.05) is 12.3 Å². The van der Waals surface area contributed by atoms with E-state index in [9.17, 15) is 37.0 Å². The molecule has 0 aliphatic rings. The van der Waals surface area contributed by atoms with Crippen molar-refractivity contribution in [3.05, 3.63) is 174 Å². The van der Waals surface area contributed by atoms with Gasteiger partial charge in [0.1, 0.15) is 25.6 Å². The molecule has 1 aromatic heterocycles. The number of halogens is 3. The fraction of sp³-hybridized carbons (Fsp3) is 0.0952. The van der Waals surface area contributed by atoms with Crippen LogP contribution in [0, 0.1) is 49.4 Å². The Labute approximate surface area is 350 Å². The topological polar surface area (TPSA) is 102 Å². The molecule has 0 bridgehead atoms. The van der Waals surface area contributed by atoms with Crippen LogP contribution in [0.15, 0.2) is 167 Å². The van der Waals surface area contributed by atoms with Gasteiger partial charge in [0.2, 0.25) is 0 Å². The SMILES string of the molecule is O=C(c1c(O)c2ccc3ccccc3c2oc1=O)C(F)(F)F.O=P(CCCP(=O)(c1ccccc1)c1ccccc1)(c1ccccc1)c1ccccc1.[Eu]. The number of rotatable bonds is 9. The summed E-state index contributed by atoms with van der Waals surface area (Å²) in [5, 5.41) is 14.4. The van der Waals surface area contributed by atoms with E-state index in [2.05, 4.69) is 0 Å². The van der Waals surface area contributed by atoms with Crippen LogP contribution < -0.4 is 26.8 Å². The molecule has 0 fully saturated rings. The van der Waals surface area contributed by atoms with Gasteiger partial charge in [0.25, 0.3) is 5.78 Å². The first kappa shape index (κ1) is 41.3. The molecular weight excluding hydrogens is 871 g/mol. The van der Waals surface area contributed by atoms with Crippen molar-refractivity contribution in [2.45, 2.75) is 12.6 Å². The zero-order chi connectivity index (χ0) is 37.6. The Morgan fingerprint density at radius 3 is 1.37 bits per heavy atom. The van der Waals surface area contributed by atoms with E-state index in [0.717, 1.165) is 21.2 Å². The minimum atomic E-state index is -5.28. The van der Waals surface area contributed by atoms with Gasteiger partial charge in [0.05, 0.1) is 5.39 Å². The molecule has 0 saturated carbocycles. The molecule has 6 nitrogen and oxygen atoms in total. The number of aromatic hydroxyl groups is 1. The van der Waals surface area contributed by atoms with Gasteiger partial charge in [-0.05, 0) is 17.9 Å². The van der Waals surface area contributed by atoms with Gasteiger partial charge in [0, 0.05) is 88.3 Å². The van der Waals surface area contributed by atoms with Crippen molar-refractivity contribution in [1.82, 2.24) is 0 Å². The first-order valence-corrected chi connectivity index (χ1v) is 20.4. The predicted molar refractivity (Wildman–Crippen MR) is 206 cm³/mol. The largest absolute Gasteiger partial charge is 0.506 e. The molecule has 54 heavy (non-hydrogen) atoms. The van der Waals surface area contributed by atoms with Crippen molar-refractivity contribution in [2.24, 2.45) is 0 Å². The average Bonchev–Trinajstić information content (AvgIpc) is 3.19. The van der Waals surface area contributed by atoms with Crippen LogP contribution in [0.2, 0.25) is 0 Å². The van der Waals surface area contributed by atoms with E-state index >= 15 is 0 Å². The molecule has 12 heteroatoms. The number of Topliss-reactive ketones (excluding diaryl/α,β-unsaturated/α-hetero) is 1. The Morgan fingerprint density at radius 2 is 0.963 bits per heavy atom. The quantitative estimate of drug-likeness (QED) is 0.0673. The summed E-state index contributed by atoms with van der Waals surface area (Å²) in [5.41, 5.74) is -3.00. The van der Waals surface area contributed by atoms with Gasteiger partial charge in [-0.15, -0.1) is 0 Å². The summed E-state index contributed by atoms with van der Waals surface area (Å²) in [6.07, 6.45) is -3.69. The van der Waals surface area contributed by atoms with Crippen molar-refractivity contribution in [3.63, 3.8) is 0 Å². The summed E-state index contributed by atoms with van der Waals surface area (Å²) in [7, 11) is -5.63. The first-order valence-electron chi connectivity index (χ1n) is 16.6. The summed E-state index contributed by atoms with van der Waals surface area (Å²) in [4.78, 5) is 23.0. The normalized spacial score (nSPS) is 11.7. The van der Waals surface area contributed by atoms with Crippen LogP contribution in [0.25, 0.3) is 21.7 Å².